The maximum Gasteiger partial charge on any atom is 0.230 e. The molecule has 1 saturated heterocycles. The molecule has 0 radical (unpaired) electrons. The molecule has 4 rings (SSSR count). The van der Waals surface area contributed by atoms with Crippen LogP contribution in [0.4, 0.5) is 0 Å². The molecule has 168 valence electrons. The van der Waals surface area contributed by atoms with Crippen molar-refractivity contribution in [1.29, 1.82) is 0 Å². The number of nitrogens with zero attached hydrogens (tertiary/aromatic N) is 2. The molecule has 32 heavy (non-hydrogen) atoms. The zero-order valence-corrected chi connectivity index (χ0v) is 20.4. The number of nitrogens with one attached hydrogen (secondary N) is 1. The van der Waals surface area contributed by atoms with Crippen molar-refractivity contribution in [3.8, 4) is 10.4 Å². The normalized spacial score (nSPS) is 16.8. The van der Waals surface area contributed by atoms with Gasteiger partial charge in [0.1, 0.15) is 0 Å². The number of pyridine rings is 1. The van der Waals surface area contributed by atoms with E-state index in [2.05, 4.69) is 27.3 Å². The van der Waals surface area contributed by atoms with Crippen LogP contribution in [0.3, 0.4) is 0 Å². The van der Waals surface area contributed by atoms with Gasteiger partial charge in [-0.15, -0.1) is 23.1 Å². The third kappa shape index (κ3) is 6.70. The van der Waals surface area contributed by atoms with Crippen molar-refractivity contribution in [3.63, 3.8) is 0 Å². The van der Waals surface area contributed by atoms with E-state index in [9.17, 15) is 4.79 Å². The number of carbonyl (C=O) groups excluding carboxylic acids is 1. The molecule has 0 bridgehead atoms. The van der Waals surface area contributed by atoms with Gasteiger partial charge in [-0.3, -0.25) is 14.7 Å². The van der Waals surface area contributed by atoms with Gasteiger partial charge in [0, 0.05) is 43.4 Å². The first-order valence-electron chi connectivity index (χ1n) is 10.2. The Bertz CT molecular complexity index is 1050. The van der Waals surface area contributed by atoms with Gasteiger partial charge in [0.05, 0.1) is 32.7 Å². The average molecular weight is 508 g/mol. The minimum Gasteiger partial charge on any atom is -0.374 e. The van der Waals surface area contributed by atoms with Gasteiger partial charge in [0.2, 0.25) is 5.91 Å². The molecule has 1 N–H and O–H groups in total. The molecule has 1 aromatic carbocycles. The topological polar surface area (TPSA) is 54.5 Å². The Labute approximate surface area is 206 Å². The van der Waals surface area contributed by atoms with E-state index in [1.165, 1.54) is 4.88 Å². The van der Waals surface area contributed by atoms with Crippen molar-refractivity contribution in [3.05, 3.63) is 70.5 Å². The summed E-state index contributed by atoms with van der Waals surface area (Å²) >= 11 is 15.4. The van der Waals surface area contributed by atoms with E-state index in [0.717, 1.165) is 35.0 Å². The van der Waals surface area contributed by atoms with E-state index in [1.54, 1.807) is 35.5 Å². The lowest BCUT2D eigenvalue weighted by molar-refractivity contribution is -0.119. The van der Waals surface area contributed by atoms with Crippen molar-refractivity contribution < 1.29 is 9.53 Å². The molecule has 1 aliphatic rings. The van der Waals surface area contributed by atoms with Crippen LogP contribution in [0.15, 0.2) is 59.1 Å². The van der Waals surface area contributed by atoms with Crippen molar-refractivity contribution >= 4 is 52.2 Å². The Morgan fingerprint density at radius 3 is 2.84 bits per heavy atom. The number of thioether (sulfide) groups is 1. The van der Waals surface area contributed by atoms with Crippen LogP contribution >= 0.6 is 46.3 Å². The van der Waals surface area contributed by atoms with Gasteiger partial charge >= 0.3 is 0 Å². The van der Waals surface area contributed by atoms with Crippen molar-refractivity contribution in [2.75, 3.05) is 32.0 Å². The lowest BCUT2D eigenvalue weighted by Crippen LogP contribution is -2.47. The lowest BCUT2D eigenvalue weighted by Gasteiger charge is -2.33. The van der Waals surface area contributed by atoms with Crippen LogP contribution in [0.1, 0.15) is 5.56 Å². The maximum atomic E-state index is 12.3. The Hall–Kier alpha value is -1.61. The molecule has 3 heterocycles. The van der Waals surface area contributed by atoms with Crippen LogP contribution in [0.25, 0.3) is 10.4 Å². The number of halogens is 2. The molecule has 1 atom stereocenters. The summed E-state index contributed by atoms with van der Waals surface area (Å²) in [6.07, 6.45) is 3.54. The zero-order valence-electron chi connectivity index (χ0n) is 17.3. The number of rotatable bonds is 8. The fourth-order valence-electron chi connectivity index (χ4n) is 3.43. The molecule has 5 nitrogen and oxygen atoms in total. The van der Waals surface area contributed by atoms with Crippen LogP contribution in [0, 0.1) is 0 Å². The van der Waals surface area contributed by atoms with Crippen molar-refractivity contribution in [2.24, 2.45) is 0 Å². The van der Waals surface area contributed by atoms with Gasteiger partial charge in [0.25, 0.3) is 0 Å². The lowest BCUT2D eigenvalue weighted by atomic mass is 10.2. The molecule has 0 spiro atoms. The van der Waals surface area contributed by atoms with Crippen molar-refractivity contribution in [1.82, 2.24) is 15.2 Å². The van der Waals surface area contributed by atoms with E-state index in [-0.39, 0.29) is 12.0 Å². The highest BCUT2D eigenvalue weighted by Crippen LogP contribution is 2.33. The van der Waals surface area contributed by atoms with E-state index in [1.807, 2.05) is 30.3 Å². The van der Waals surface area contributed by atoms with E-state index < -0.39 is 0 Å². The summed E-state index contributed by atoms with van der Waals surface area (Å²) < 4.78 is 6.96. The highest BCUT2D eigenvalue weighted by molar-refractivity contribution is 8.01. The average Bonchev–Trinajstić information content (AvgIpc) is 3.29. The summed E-state index contributed by atoms with van der Waals surface area (Å²) in [5.41, 5.74) is 2.25. The van der Waals surface area contributed by atoms with Crippen LogP contribution in [0.2, 0.25) is 10.0 Å². The Balaban J connectivity index is 1.20. The standard InChI is InChI=1S/C23H23Cl2N3O2S2/c24-19-2-1-16(11-20(19)25)13-28-9-10-30-18(14-28)12-27-22(29)15-31-23-4-3-21(32-23)17-5-7-26-8-6-17/h1-8,11,18H,9-10,12-15H2,(H,27,29)/t18-/m0/s1. The molecule has 2 aromatic heterocycles. The molecule has 1 amide bonds. The fourth-order valence-corrected chi connectivity index (χ4v) is 5.71. The molecule has 0 saturated carbocycles. The fraction of sp³-hybridized carbons (Fsp3) is 0.304. The molecule has 0 aliphatic carbocycles. The Morgan fingerprint density at radius 1 is 1.19 bits per heavy atom. The number of benzene rings is 1. The molecule has 1 aliphatic heterocycles. The van der Waals surface area contributed by atoms with Gasteiger partial charge < -0.3 is 10.1 Å². The highest BCUT2D eigenvalue weighted by atomic mass is 35.5. The van der Waals surface area contributed by atoms with Crippen molar-refractivity contribution in [2.45, 2.75) is 16.9 Å². The van der Waals surface area contributed by atoms with Gasteiger partial charge in [-0.05, 0) is 47.5 Å². The van der Waals surface area contributed by atoms with Gasteiger partial charge in [-0.1, -0.05) is 29.3 Å². The summed E-state index contributed by atoms with van der Waals surface area (Å²) in [6.45, 7) is 3.53. The summed E-state index contributed by atoms with van der Waals surface area (Å²) in [5.74, 6) is 0.398. The number of morpholine rings is 1. The summed E-state index contributed by atoms with van der Waals surface area (Å²) in [7, 11) is 0. The number of hydrogen-bond donors (Lipinski definition) is 1. The minimum atomic E-state index is -0.0273. The third-order valence-electron chi connectivity index (χ3n) is 5.03. The van der Waals surface area contributed by atoms with Crippen LogP contribution in [-0.2, 0) is 16.1 Å². The van der Waals surface area contributed by atoms with Gasteiger partial charge in [-0.25, -0.2) is 0 Å². The second kappa shape index (κ2) is 11.5. The van der Waals surface area contributed by atoms with Gasteiger partial charge in [0.15, 0.2) is 0 Å². The molecular formula is C23H23Cl2N3O2S2. The van der Waals surface area contributed by atoms with Gasteiger partial charge in [-0.2, -0.15) is 0 Å². The van der Waals surface area contributed by atoms with E-state index in [4.69, 9.17) is 27.9 Å². The second-order valence-corrected chi connectivity index (χ2v) is 10.6. The first kappa shape index (κ1) is 23.5. The number of hydrogen-bond acceptors (Lipinski definition) is 6. The smallest absolute Gasteiger partial charge is 0.230 e. The Kier molecular flexibility index (Phi) is 8.46. The minimum absolute atomic E-state index is 0.0130. The van der Waals surface area contributed by atoms with E-state index >= 15 is 0 Å². The number of aromatic nitrogens is 1. The summed E-state index contributed by atoms with van der Waals surface area (Å²) in [6, 6.07) is 13.8. The first-order valence-corrected chi connectivity index (χ1v) is 12.8. The molecular weight excluding hydrogens is 485 g/mol. The maximum absolute atomic E-state index is 12.3. The number of thiophene rings is 1. The summed E-state index contributed by atoms with van der Waals surface area (Å²) in [5, 5.41) is 4.14. The number of ether oxygens (including phenoxy) is 1. The highest BCUT2D eigenvalue weighted by Gasteiger charge is 2.21. The predicted molar refractivity (Wildman–Crippen MR) is 133 cm³/mol. The largest absolute Gasteiger partial charge is 0.374 e. The molecule has 9 heteroatoms. The summed E-state index contributed by atoms with van der Waals surface area (Å²) in [4.78, 5) is 19.9. The van der Waals surface area contributed by atoms with Crippen LogP contribution in [0.5, 0.6) is 0 Å². The predicted octanol–water partition coefficient (Wildman–Crippen LogP) is 5.23. The molecule has 3 aromatic rings. The van der Waals surface area contributed by atoms with E-state index in [0.29, 0.717) is 28.9 Å². The molecule has 0 unspecified atom stereocenters. The zero-order chi connectivity index (χ0) is 22.3. The molecule has 1 fully saturated rings. The number of carbonyl (C=O) groups is 1. The number of amides is 1. The van der Waals surface area contributed by atoms with Crippen LogP contribution < -0.4 is 5.32 Å². The third-order valence-corrected chi connectivity index (χ3v) is 8.13. The Morgan fingerprint density at radius 2 is 2.03 bits per heavy atom. The monoisotopic (exact) mass is 507 g/mol. The quantitative estimate of drug-likeness (QED) is 0.423. The SMILES string of the molecule is O=C(CSc1ccc(-c2ccncc2)s1)NC[C@H]1CN(Cc2ccc(Cl)c(Cl)c2)CCO1. The van der Waals surface area contributed by atoms with Crippen LogP contribution in [-0.4, -0.2) is 53.9 Å². The second-order valence-electron chi connectivity index (χ2n) is 7.42. The first-order chi connectivity index (χ1) is 15.6.